The number of morpholine rings is 1. The molecule has 1 saturated heterocycles. The minimum Gasteiger partial charge on any atom is -0.496 e. The summed E-state index contributed by atoms with van der Waals surface area (Å²) < 4.78 is 21.7. The summed E-state index contributed by atoms with van der Waals surface area (Å²) in [5.74, 6) is 2.17. The molecule has 1 aromatic rings. The molecule has 5 heteroatoms. The van der Waals surface area contributed by atoms with Crippen molar-refractivity contribution in [2.24, 2.45) is 0 Å². The number of rotatable bonds is 5. The molecular formula is C14H21NO4. The standard InChI is InChI=1S/C14H21NO4/c1-10-7-15-11(8-18-10)9-19-14-5-12(16-2)4-13(6-14)17-3/h4-6,10-11,15H,7-9H2,1-3H3. The summed E-state index contributed by atoms with van der Waals surface area (Å²) >= 11 is 0. The van der Waals surface area contributed by atoms with E-state index in [0.29, 0.717) is 13.2 Å². The third-order valence-corrected chi connectivity index (χ3v) is 3.05. The number of methoxy groups -OCH3 is 2. The molecule has 19 heavy (non-hydrogen) atoms. The zero-order chi connectivity index (χ0) is 13.7. The van der Waals surface area contributed by atoms with Gasteiger partial charge in [-0.25, -0.2) is 0 Å². The van der Waals surface area contributed by atoms with Gasteiger partial charge >= 0.3 is 0 Å². The second kappa shape index (κ2) is 6.63. The second-order valence-electron chi connectivity index (χ2n) is 4.61. The van der Waals surface area contributed by atoms with Crippen molar-refractivity contribution in [3.05, 3.63) is 18.2 Å². The van der Waals surface area contributed by atoms with Crippen molar-refractivity contribution < 1.29 is 18.9 Å². The highest BCUT2D eigenvalue weighted by Gasteiger charge is 2.18. The maximum atomic E-state index is 5.76. The third kappa shape index (κ3) is 4.01. The number of hydrogen-bond donors (Lipinski definition) is 1. The van der Waals surface area contributed by atoms with E-state index < -0.39 is 0 Å². The predicted octanol–water partition coefficient (Wildman–Crippen LogP) is 1.46. The molecular weight excluding hydrogens is 246 g/mol. The van der Waals surface area contributed by atoms with Gasteiger partial charge in [0.05, 0.1) is 33.0 Å². The van der Waals surface area contributed by atoms with E-state index in [1.165, 1.54) is 0 Å². The van der Waals surface area contributed by atoms with Crippen LogP contribution in [-0.4, -0.2) is 46.1 Å². The van der Waals surface area contributed by atoms with Crippen LogP contribution in [0.5, 0.6) is 17.2 Å². The Hall–Kier alpha value is -1.46. The van der Waals surface area contributed by atoms with Gasteiger partial charge in [-0.15, -0.1) is 0 Å². The van der Waals surface area contributed by atoms with Gasteiger partial charge in [-0.05, 0) is 6.92 Å². The van der Waals surface area contributed by atoms with Gasteiger partial charge in [-0.1, -0.05) is 0 Å². The molecule has 2 atom stereocenters. The Bertz CT molecular complexity index is 380. The lowest BCUT2D eigenvalue weighted by Crippen LogP contribution is -2.48. The minimum absolute atomic E-state index is 0.216. The van der Waals surface area contributed by atoms with Crippen LogP contribution in [0.15, 0.2) is 18.2 Å². The highest BCUT2D eigenvalue weighted by molar-refractivity contribution is 5.42. The second-order valence-corrected chi connectivity index (χ2v) is 4.61. The molecule has 5 nitrogen and oxygen atoms in total. The fourth-order valence-electron chi connectivity index (χ4n) is 1.90. The van der Waals surface area contributed by atoms with E-state index in [1.54, 1.807) is 14.2 Å². The summed E-state index contributed by atoms with van der Waals surface area (Å²) in [7, 11) is 3.24. The van der Waals surface area contributed by atoms with Gasteiger partial charge in [0.15, 0.2) is 0 Å². The van der Waals surface area contributed by atoms with Gasteiger partial charge in [0.25, 0.3) is 0 Å². The summed E-state index contributed by atoms with van der Waals surface area (Å²) in [6.45, 7) is 4.14. The largest absolute Gasteiger partial charge is 0.496 e. The zero-order valence-electron chi connectivity index (χ0n) is 11.6. The van der Waals surface area contributed by atoms with Gasteiger partial charge in [-0.2, -0.15) is 0 Å². The van der Waals surface area contributed by atoms with Crippen molar-refractivity contribution in [3.63, 3.8) is 0 Å². The van der Waals surface area contributed by atoms with Crippen LogP contribution in [0, 0.1) is 0 Å². The number of benzene rings is 1. The molecule has 1 N–H and O–H groups in total. The molecule has 0 spiro atoms. The van der Waals surface area contributed by atoms with Crippen molar-refractivity contribution in [3.8, 4) is 17.2 Å². The Labute approximate surface area is 113 Å². The molecule has 1 heterocycles. The SMILES string of the molecule is COc1cc(OC)cc(OCC2COC(C)CN2)c1. The van der Waals surface area contributed by atoms with Crippen LogP contribution in [0.3, 0.4) is 0 Å². The first kappa shape index (κ1) is 14.0. The molecule has 0 saturated carbocycles. The smallest absolute Gasteiger partial charge is 0.126 e. The van der Waals surface area contributed by atoms with Crippen molar-refractivity contribution in [1.82, 2.24) is 5.32 Å². The van der Waals surface area contributed by atoms with E-state index in [1.807, 2.05) is 18.2 Å². The van der Waals surface area contributed by atoms with E-state index in [9.17, 15) is 0 Å². The molecule has 0 bridgehead atoms. The first-order valence-corrected chi connectivity index (χ1v) is 6.42. The molecule has 0 amide bonds. The van der Waals surface area contributed by atoms with Crippen molar-refractivity contribution >= 4 is 0 Å². The van der Waals surface area contributed by atoms with E-state index in [0.717, 1.165) is 23.8 Å². The topological polar surface area (TPSA) is 49.0 Å². The van der Waals surface area contributed by atoms with Gasteiger partial charge in [0, 0.05) is 24.7 Å². The first-order chi connectivity index (χ1) is 9.21. The molecule has 1 fully saturated rings. The van der Waals surface area contributed by atoms with Gasteiger partial charge in [-0.3, -0.25) is 0 Å². The molecule has 2 rings (SSSR count). The molecule has 1 aliphatic rings. The number of hydrogen-bond acceptors (Lipinski definition) is 5. The highest BCUT2D eigenvalue weighted by Crippen LogP contribution is 2.27. The molecule has 1 aliphatic heterocycles. The minimum atomic E-state index is 0.216. The summed E-state index contributed by atoms with van der Waals surface area (Å²) in [5, 5.41) is 3.38. The van der Waals surface area contributed by atoms with Crippen LogP contribution in [0.25, 0.3) is 0 Å². The Morgan fingerprint density at radius 2 is 1.79 bits per heavy atom. The fourth-order valence-corrected chi connectivity index (χ4v) is 1.90. The van der Waals surface area contributed by atoms with Gasteiger partial charge in [0.2, 0.25) is 0 Å². The highest BCUT2D eigenvalue weighted by atomic mass is 16.5. The quantitative estimate of drug-likeness (QED) is 0.875. The average Bonchev–Trinajstić information content (AvgIpc) is 2.46. The molecule has 0 aromatic heterocycles. The summed E-state index contributed by atoms with van der Waals surface area (Å²) in [5.41, 5.74) is 0. The number of nitrogens with one attached hydrogen (secondary N) is 1. The maximum Gasteiger partial charge on any atom is 0.126 e. The summed E-state index contributed by atoms with van der Waals surface area (Å²) in [6.07, 6.45) is 0.271. The van der Waals surface area contributed by atoms with Crippen molar-refractivity contribution in [2.75, 3.05) is 34.0 Å². The van der Waals surface area contributed by atoms with Crippen molar-refractivity contribution in [1.29, 1.82) is 0 Å². The summed E-state index contributed by atoms with van der Waals surface area (Å²) in [4.78, 5) is 0. The normalized spacial score (nSPS) is 22.9. The third-order valence-electron chi connectivity index (χ3n) is 3.05. The van der Waals surface area contributed by atoms with Crippen molar-refractivity contribution in [2.45, 2.75) is 19.1 Å². The van der Waals surface area contributed by atoms with Crippen LogP contribution in [-0.2, 0) is 4.74 Å². The van der Waals surface area contributed by atoms with Crippen LogP contribution in [0.4, 0.5) is 0 Å². The summed E-state index contributed by atoms with van der Waals surface area (Å²) in [6, 6.07) is 5.72. The number of ether oxygens (including phenoxy) is 4. The molecule has 106 valence electrons. The molecule has 0 aliphatic carbocycles. The van der Waals surface area contributed by atoms with E-state index in [4.69, 9.17) is 18.9 Å². The lowest BCUT2D eigenvalue weighted by Gasteiger charge is -2.28. The van der Waals surface area contributed by atoms with Crippen LogP contribution >= 0.6 is 0 Å². The first-order valence-electron chi connectivity index (χ1n) is 6.42. The Morgan fingerprint density at radius 1 is 1.16 bits per heavy atom. The van der Waals surface area contributed by atoms with E-state index in [2.05, 4.69) is 12.2 Å². The van der Waals surface area contributed by atoms with Crippen LogP contribution < -0.4 is 19.5 Å². The van der Waals surface area contributed by atoms with Gasteiger partial charge < -0.3 is 24.3 Å². The lowest BCUT2D eigenvalue weighted by molar-refractivity contribution is 0.00454. The molecule has 1 aromatic carbocycles. The Morgan fingerprint density at radius 3 is 2.32 bits per heavy atom. The van der Waals surface area contributed by atoms with Crippen LogP contribution in [0.2, 0.25) is 0 Å². The van der Waals surface area contributed by atoms with E-state index >= 15 is 0 Å². The molecule has 0 radical (unpaired) electrons. The lowest BCUT2D eigenvalue weighted by atomic mass is 10.2. The average molecular weight is 267 g/mol. The monoisotopic (exact) mass is 267 g/mol. The fraction of sp³-hybridized carbons (Fsp3) is 0.571. The Balaban J connectivity index is 1.91. The maximum absolute atomic E-state index is 5.76. The van der Waals surface area contributed by atoms with Crippen LogP contribution in [0.1, 0.15) is 6.92 Å². The zero-order valence-corrected chi connectivity index (χ0v) is 11.6. The predicted molar refractivity (Wildman–Crippen MR) is 72.2 cm³/mol. The van der Waals surface area contributed by atoms with Gasteiger partial charge in [0.1, 0.15) is 23.9 Å². The Kier molecular flexibility index (Phi) is 4.87. The molecule has 2 unspecified atom stereocenters. The van der Waals surface area contributed by atoms with E-state index in [-0.39, 0.29) is 12.1 Å².